The third-order valence-corrected chi connectivity index (χ3v) is 3.12. The maximum Gasteiger partial charge on any atom is 0.161 e. The Bertz CT molecular complexity index is 705. The maximum absolute atomic E-state index is 9.43. The first-order chi connectivity index (χ1) is 10.2. The van der Waals surface area contributed by atoms with Crippen molar-refractivity contribution in [2.24, 2.45) is 5.16 Å². The molecule has 2 rings (SSSR count). The third-order valence-electron chi connectivity index (χ3n) is 3.12. The highest BCUT2D eigenvalue weighted by atomic mass is 16.5. The Hall–Kier alpha value is -2.96. The van der Waals surface area contributed by atoms with Gasteiger partial charge in [0, 0.05) is 11.6 Å². The van der Waals surface area contributed by atoms with Crippen molar-refractivity contribution in [3.8, 4) is 17.6 Å². The van der Waals surface area contributed by atoms with Crippen molar-refractivity contribution >= 4 is 5.71 Å². The van der Waals surface area contributed by atoms with Gasteiger partial charge in [0.05, 0.1) is 20.3 Å². The van der Waals surface area contributed by atoms with Crippen LogP contribution in [0.2, 0.25) is 0 Å². The Kier molecular flexibility index (Phi) is 4.45. The summed E-state index contributed by atoms with van der Waals surface area (Å²) < 4.78 is 10.4. The van der Waals surface area contributed by atoms with Crippen LogP contribution in [0.5, 0.6) is 11.5 Å². The Morgan fingerprint density at radius 1 is 1.24 bits per heavy atom. The zero-order valence-electron chi connectivity index (χ0n) is 11.7. The van der Waals surface area contributed by atoms with Crippen LogP contribution in [0.15, 0.2) is 52.9 Å². The van der Waals surface area contributed by atoms with Gasteiger partial charge in [-0.05, 0) is 29.8 Å². The van der Waals surface area contributed by atoms with Gasteiger partial charge in [-0.3, -0.25) is 0 Å². The number of methoxy groups -OCH3 is 2. The molecule has 1 unspecified atom stereocenters. The standard InChI is InChI=1S/C16H14N2O3/c1-20-15-8-5-12(9-16(15)21-2)14(10-17)11-3-6-13(18-19)7-4-11/h3,5-9,14,19H,1-2H3. The quantitative estimate of drug-likeness (QED) is 0.523. The van der Waals surface area contributed by atoms with Crippen LogP contribution < -0.4 is 9.47 Å². The lowest BCUT2D eigenvalue weighted by molar-refractivity contribution is 0.320. The van der Waals surface area contributed by atoms with E-state index < -0.39 is 5.92 Å². The second-order valence-corrected chi connectivity index (χ2v) is 4.28. The summed E-state index contributed by atoms with van der Waals surface area (Å²) in [7, 11) is 3.11. The predicted molar refractivity (Wildman–Crippen MR) is 77.9 cm³/mol. The summed E-state index contributed by atoms with van der Waals surface area (Å²) in [5, 5.41) is 21.2. The molecule has 1 atom stereocenters. The fourth-order valence-corrected chi connectivity index (χ4v) is 2.03. The molecule has 0 aromatic heterocycles. The maximum atomic E-state index is 9.43. The first-order valence-electron chi connectivity index (χ1n) is 6.21. The molecule has 0 bridgehead atoms. The molecule has 0 amide bonds. The first kappa shape index (κ1) is 14.4. The molecule has 5 nitrogen and oxygen atoms in total. The lowest BCUT2D eigenvalue weighted by Crippen LogP contribution is -2.02. The fourth-order valence-electron chi connectivity index (χ4n) is 2.03. The normalized spacial score (nSPS) is 16.2. The molecule has 0 fully saturated rings. The fraction of sp³-hybridized carbons (Fsp3) is 0.188. The summed E-state index contributed by atoms with van der Waals surface area (Å²) >= 11 is 0. The minimum Gasteiger partial charge on any atom is -0.493 e. The van der Waals surface area contributed by atoms with E-state index in [0.717, 1.165) is 5.56 Å². The van der Waals surface area contributed by atoms with Crippen molar-refractivity contribution in [3.63, 3.8) is 0 Å². The lowest BCUT2D eigenvalue weighted by Gasteiger charge is -2.14. The van der Waals surface area contributed by atoms with Crippen LogP contribution in [0.25, 0.3) is 0 Å². The van der Waals surface area contributed by atoms with Crippen molar-refractivity contribution in [3.05, 3.63) is 53.3 Å². The van der Waals surface area contributed by atoms with Gasteiger partial charge in [0.15, 0.2) is 11.5 Å². The van der Waals surface area contributed by atoms with Crippen LogP contribution in [-0.2, 0) is 0 Å². The summed E-state index contributed by atoms with van der Waals surface area (Å²) in [4.78, 5) is 0. The molecule has 1 N–H and O–H groups in total. The minimum absolute atomic E-state index is 0.391. The zero-order chi connectivity index (χ0) is 15.2. The molecule has 1 aliphatic rings. The molecular formula is C16H14N2O3. The number of nitriles is 1. The average Bonchev–Trinajstić information content (AvgIpc) is 2.56. The second kappa shape index (κ2) is 6.47. The first-order valence-corrected chi connectivity index (χ1v) is 6.21. The number of nitrogens with zero attached hydrogens (tertiary/aromatic N) is 2. The van der Waals surface area contributed by atoms with Crippen molar-refractivity contribution in [1.82, 2.24) is 0 Å². The summed E-state index contributed by atoms with van der Waals surface area (Å²) in [6.45, 7) is 0. The smallest absolute Gasteiger partial charge is 0.161 e. The summed E-state index contributed by atoms with van der Waals surface area (Å²) in [6.07, 6.45) is 4.86. The van der Waals surface area contributed by atoms with Crippen LogP contribution in [0.4, 0.5) is 0 Å². The topological polar surface area (TPSA) is 74.8 Å². The summed E-state index contributed by atoms with van der Waals surface area (Å²) in [5.74, 6) is 0.686. The molecular weight excluding hydrogens is 268 g/mol. The number of benzene rings is 1. The van der Waals surface area contributed by atoms with Gasteiger partial charge in [0.1, 0.15) is 11.6 Å². The molecule has 5 heteroatoms. The van der Waals surface area contributed by atoms with E-state index >= 15 is 0 Å². The van der Waals surface area contributed by atoms with Crippen molar-refractivity contribution in [2.45, 2.75) is 5.92 Å². The van der Waals surface area contributed by atoms with E-state index in [1.54, 1.807) is 38.5 Å². The van der Waals surface area contributed by atoms with Crippen LogP contribution >= 0.6 is 0 Å². The molecule has 0 aliphatic heterocycles. The Labute approximate surface area is 122 Å². The summed E-state index contributed by atoms with van der Waals surface area (Å²) in [6, 6.07) is 7.58. The van der Waals surface area contributed by atoms with Gasteiger partial charge in [-0.2, -0.15) is 5.26 Å². The van der Waals surface area contributed by atoms with Crippen molar-refractivity contribution in [1.29, 1.82) is 5.26 Å². The van der Waals surface area contributed by atoms with Gasteiger partial charge in [0.25, 0.3) is 0 Å². The number of hydrogen-bond acceptors (Lipinski definition) is 5. The van der Waals surface area contributed by atoms with Gasteiger partial charge in [-0.25, -0.2) is 0 Å². The van der Waals surface area contributed by atoms with Crippen molar-refractivity contribution < 1.29 is 14.7 Å². The molecule has 0 saturated heterocycles. The number of oxime groups is 1. The molecule has 0 saturated carbocycles. The Morgan fingerprint density at radius 3 is 2.52 bits per heavy atom. The number of ether oxygens (including phenoxy) is 2. The number of hydrogen-bond donors (Lipinski definition) is 1. The molecule has 1 aromatic carbocycles. The predicted octanol–water partition coefficient (Wildman–Crippen LogP) is 2.79. The van der Waals surface area contributed by atoms with Gasteiger partial charge in [-0.15, -0.1) is 5.73 Å². The molecule has 21 heavy (non-hydrogen) atoms. The SMILES string of the molecule is COc1ccc(C(C#N)C2=C=CC(=NO)C=C2)cc1OC. The van der Waals surface area contributed by atoms with Crippen LogP contribution in [-0.4, -0.2) is 25.1 Å². The van der Waals surface area contributed by atoms with Gasteiger partial charge in [-0.1, -0.05) is 11.2 Å². The Morgan fingerprint density at radius 2 is 2.00 bits per heavy atom. The zero-order valence-corrected chi connectivity index (χ0v) is 11.7. The largest absolute Gasteiger partial charge is 0.493 e. The van der Waals surface area contributed by atoms with Crippen molar-refractivity contribution in [2.75, 3.05) is 14.2 Å². The highest BCUT2D eigenvalue weighted by Crippen LogP contribution is 2.33. The number of rotatable bonds is 4. The number of allylic oxidation sites excluding steroid dienone is 3. The molecule has 1 aliphatic carbocycles. The molecule has 1 aromatic rings. The monoisotopic (exact) mass is 282 g/mol. The molecule has 0 spiro atoms. The van der Waals surface area contributed by atoms with E-state index in [2.05, 4.69) is 17.0 Å². The Balaban J connectivity index is 2.42. The van der Waals surface area contributed by atoms with Crippen LogP contribution in [0.1, 0.15) is 11.5 Å². The molecule has 0 radical (unpaired) electrons. The molecule has 0 heterocycles. The minimum atomic E-state index is -0.488. The highest BCUT2D eigenvalue weighted by Gasteiger charge is 2.18. The van der Waals surface area contributed by atoms with Crippen LogP contribution in [0.3, 0.4) is 0 Å². The third kappa shape index (κ3) is 2.97. The summed E-state index contributed by atoms with van der Waals surface area (Å²) in [5.41, 5.74) is 4.82. The van der Waals surface area contributed by atoms with Gasteiger partial charge < -0.3 is 14.7 Å². The van der Waals surface area contributed by atoms with E-state index in [4.69, 9.17) is 14.7 Å². The highest BCUT2D eigenvalue weighted by molar-refractivity contribution is 6.04. The van der Waals surface area contributed by atoms with E-state index in [1.165, 1.54) is 6.08 Å². The van der Waals surface area contributed by atoms with Gasteiger partial charge >= 0.3 is 0 Å². The average molecular weight is 282 g/mol. The molecule has 106 valence electrons. The van der Waals surface area contributed by atoms with E-state index in [1.807, 2.05) is 6.07 Å². The lowest BCUT2D eigenvalue weighted by atomic mass is 9.90. The van der Waals surface area contributed by atoms with E-state index in [9.17, 15) is 5.26 Å². The van der Waals surface area contributed by atoms with Gasteiger partial charge in [0.2, 0.25) is 0 Å². The second-order valence-electron chi connectivity index (χ2n) is 4.28. The van der Waals surface area contributed by atoms with E-state index in [-0.39, 0.29) is 0 Å². The van der Waals surface area contributed by atoms with E-state index in [0.29, 0.717) is 22.8 Å². The van der Waals surface area contributed by atoms with Crippen LogP contribution in [0, 0.1) is 11.3 Å².